The fourth-order valence-electron chi connectivity index (χ4n) is 3.22. The monoisotopic (exact) mass is 448 g/mol. The van der Waals surface area contributed by atoms with E-state index in [9.17, 15) is 30.7 Å². The summed E-state index contributed by atoms with van der Waals surface area (Å²) in [4.78, 5) is 1.65. The summed E-state index contributed by atoms with van der Waals surface area (Å²) in [5.41, 5.74) is -3.59. The standard InChI is InChI=1S/C17H15F7N2S.ClH/c18-13-8-11(16(19,20)21)7-12(17(22,23)24)14(13)15(10-1-6-27-9-10)26-4-2-25-3-5-26;/h1,6-9,15,25H,2-5H2;1H/t15-;/m1./s1. The van der Waals surface area contributed by atoms with Crippen molar-refractivity contribution in [1.82, 2.24) is 10.2 Å². The lowest BCUT2D eigenvalue weighted by molar-refractivity contribution is -0.144. The van der Waals surface area contributed by atoms with Crippen molar-refractivity contribution >= 4 is 23.7 Å². The largest absolute Gasteiger partial charge is 0.416 e. The summed E-state index contributed by atoms with van der Waals surface area (Å²) in [5, 5.41) is 6.28. The molecule has 2 heterocycles. The van der Waals surface area contributed by atoms with Crippen molar-refractivity contribution in [2.45, 2.75) is 18.4 Å². The molecule has 1 aromatic carbocycles. The first-order chi connectivity index (χ1) is 12.6. The molecule has 3 rings (SSSR count). The highest BCUT2D eigenvalue weighted by Gasteiger charge is 2.42. The van der Waals surface area contributed by atoms with Crippen molar-refractivity contribution in [2.75, 3.05) is 26.2 Å². The number of halogens is 8. The van der Waals surface area contributed by atoms with Crippen molar-refractivity contribution in [3.8, 4) is 0 Å². The molecule has 2 nitrogen and oxygen atoms in total. The Balaban J connectivity index is 0.00000280. The molecule has 1 atom stereocenters. The van der Waals surface area contributed by atoms with Crippen molar-refractivity contribution < 1.29 is 30.7 Å². The van der Waals surface area contributed by atoms with Crippen LogP contribution in [-0.4, -0.2) is 31.1 Å². The minimum absolute atomic E-state index is 0. The summed E-state index contributed by atoms with van der Waals surface area (Å²) >= 11 is 1.23. The first-order valence-corrected chi connectivity index (χ1v) is 8.98. The second kappa shape index (κ2) is 8.56. The van der Waals surface area contributed by atoms with Crippen LogP contribution in [0.3, 0.4) is 0 Å². The van der Waals surface area contributed by atoms with Gasteiger partial charge in [-0.3, -0.25) is 4.90 Å². The summed E-state index contributed by atoms with van der Waals surface area (Å²) in [7, 11) is 0. The molecule has 0 bridgehead atoms. The van der Waals surface area contributed by atoms with Crippen LogP contribution in [0.1, 0.15) is 28.3 Å². The summed E-state index contributed by atoms with van der Waals surface area (Å²) in [5.74, 6) is -1.51. The molecular weight excluding hydrogens is 433 g/mol. The van der Waals surface area contributed by atoms with Gasteiger partial charge in [0.1, 0.15) is 5.82 Å². The van der Waals surface area contributed by atoms with Gasteiger partial charge in [-0.05, 0) is 34.5 Å². The summed E-state index contributed by atoms with van der Waals surface area (Å²) < 4.78 is 94.4. The Kier molecular flexibility index (Phi) is 7.01. The molecule has 1 aliphatic rings. The number of thiophene rings is 1. The van der Waals surface area contributed by atoms with Crippen molar-refractivity contribution in [3.63, 3.8) is 0 Å². The number of piperazine rings is 1. The highest BCUT2D eigenvalue weighted by molar-refractivity contribution is 7.08. The average Bonchev–Trinajstić information content (AvgIpc) is 3.09. The Morgan fingerprint density at radius 3 is 2.14 bits per heavy atom. The van der Waals surface area contributed by atoms with E-state index >= 15 is 0 Å². The molecule has 28 heavy (non-hydrogen) atoms. The van der Waals surface area contributed by atoms with Gasteiger partial charge < -0.3 is 5.32 Å². The molecule has 1 N–H and O–H groups in total. The molecule has 0 spiro atoms. The number of rotatable bonds is 3. The van der Waals surface area contributed by atoms with E-state index in [4.69, 9.17) is 0 Å². The smallest absolute Gasteiger partial charge is 0.314 e. The van der Waals surface area contributed by atoms with Gasteiger partial charge in [0.25, 0.3) is 0 Å². The third-order valence-electron chi connectivity index (χ3n) is 4.41. The van der Waals surface area contributed by atoms with Gasteiger partial charge in [0, 0.05) is 31.7 Å². The number of nitrogens with zero attached hydrogens (tertiary/aromatic N) is 1. The zero-order valence-corrected chi connectivity index (χ0v) is 15.8. The fourth-order valence-corrected chi connectivity index (χ4v) is 3.90. The molecule has 1 aliphatic heterocycles. The van der Waals surface area contributed by atoms with E-state index in [0.717, 1.165) is 0 Å². The molecule has 0 saturated carbocycles. The number of hydrogen-bond acceptors (Lipinski definition) is 3. The minimum Gasteiger partial charge on any atom is -0.314 e. The fraction of sp³-hybridized carbons (Fsp3) is 0.412. The van der Waals surface area contributed by atoms with Gasteiger partial charge in [-0.15, -0.1) is 12.4 Å². The second-order valence-corrected chi connectivity index (χ2v) is 6.94. The average molecular weight is 449 g/mol. The molecule has 1 saturated heterocycles. The normalized spacial score (nSPS) is 17.2. The van der Waals surface area contributed by atoms with Gasteiger partial charge in [0.2, 0.25) is 0 Å². The van der Waals surface area contributed by atoms with Crippen LogP contribution in [0.25, 0.3) is 0 Å². The predicted molar refractivity (Wildman–Crippen MR) is 94.3 cm³/mol. The third kappa shape index (κ3) is 4.79. The van der Waals surface area contributed by atoms with Crippen LogP contribution < -0.4 is 5.32 Å². The lowest BCUT2D eigenvalue weighted by atomic mass is 9.91. The molecule has 11 heteroatoms. The highest BCUT2D eigenvalue weighted by Crippen LogP contribution is 2.43. The minimum atomic E-state index is -5.13. The molecule has 156 valence electrons. The Morgan fingerprint density at radius 1 is 1.00 bits per heavy atom. The molecule has 1 fully saturated rings. The van der Waals surface area contributed by atoms with E-state index in [0.29, 0.717) is 31.7 Å². The van der Waals surface area contributed by atoms with Gasteiger partial charge in [0.05, 0.1) is 17.2 Å². The van der Waals surface area contributed by atoms with E-state index in [1.807, 2.05) is 0 Å². The molecule has 0 aliphatic carbocycles. The molecule has 1 aromatic heterocycles. The van der Waals surface area contributed by atoms with Crippen LogP contribution in [0.2, 0.25) is 0 Å². The number of nitrogens with one attached hydrogen (secondary N) is 1. The third-order valence-corrected chi connectivity index (χ3v) is 5.11. The van der Waals surface area contributed by atoms with Crippen molar-refractivity contribution in [2.24, 2.45) is 0 Å². The quantitative estimate of drug-likeness (QED) is 0.637. The van der Waals surface area contributed by atoms with Crippen LogP contribution in [0.4, 0.5) is 30.7 Å². The second-order valence-electron chi connectivity index (χ2n) is 6.16. The van der Waals surface area contributed by atoms with Crippen LogP contribution in [0, 0.1) is 5.82 Å². The van der Waals surface area contributed by atoms with Gasteiger partial charge in [-0.2, -0.15) is 37.7 Å². The zero-order valence-electron chi connectivity index (χ0n) is 14.2. The van der Waals surface area contributed by atoms with E-state index in [2.05, 4.69) is 5.32 Å². The molecular formula is C17H16ClF7N2S. The van der Waals surface area contributed by atoms with Gasteiger partial charge in [-0.1, -0.05) is 0 Å². The van der Waals surface area contributed by atoms with E-state index < -0.39 is 40.9 Å². The van der Waals surface area contributed by atoms with E-state index in [1.54, 1.807) is 21.7 Å². The summed E-state index contributed by atoms with van der Waals surface area (Å²) in [6.45, 7) is 1.67. The SMILES string of the molecule is Cl.Fc1cc(C(F)(F)F)cc(C(F)(F)F)c1[C@@H](c1ccsc1)N1CCNCC1. The maximum absolute atomic E-state index is 14.7. The molecule has 0 unspecified atom stereocenters. The maximum atomic E-state index is 14.7. The predicted octanol–water partition coefficient (Wildman–Crippen LogP) is 5.34. The number of hydrogen-bond donors (Lipinski definition) is 1. The Morgan fingerprint density at radius 2 is 1.64 bits per heavy atom. The van der Waals surface area contributed by atoms with Crippen LogP contribution >= 0.6 is 23.7 Å². The van der Waals surface area contributed by atoms with Crippen LogP contribution in [0.15, 0.2) is 29.0 Å². The van der Waals surface area contributed by atoms with E-state index in [-0.39, 0.29) is 24.5 Å². The number of alkyl halides is 6. The van der Waals surface area contributed by atoms with E-state index in [1.165, 1.54) is 11.3 Å². The summed E-state index contributed by atoms with van der Waals surface area (Å²) in [6, 6.07) is 0.595. The zero-order chi connectivity index (χ0) is 19.8. The first kappa shape index (κ1) is 22.9. The maximum Gasteiger partial charge on any atom is 0.416 e. The Bertz CT molecular complexity index is 784. The Labute approximate surface area is 166 Å². The van der Waals surface area contributed by atoms with Crippen molar-refractivity contribution in [3.05, 3.63) is 57.0 Å². The topological polar surface area (TPSA) is 15.3 Å². The Hall–Kier alpha value is -1.36. The highest BCUT2D eigenvalue weighted by atomic mass is 35.5. The van der Waals surface area contributed by atoms with Gasteiger partial charge in [-0.25, -0.2) is 4.39 Å². The molecule has 0 amide bonds. The van der Waals surface area contributed by atoms with Crippen LogP contribution in [-0.2, 0) is 12.4 Å². The first-order valence-electron chi connectivity index (χ1n) is 8.03. The van der Waals surface area contributed by atoms with Crippen molar-refractivity contribution in [1.29, 1.82) is 0 Å². The lowest BCUT2D eigenvalue weighted by Gasteiger charge is -2.36. The number of benzene rings is 1. The van der Waals surface area contributed by atoms with Gasteiger partial charge >= 0.3 is 12.4 Å². The lowest BCUT2D eigenvalue weighted by Crippen LogP contribution is -2.46. The van der Waals surface area contributed by atoms with Gasteiger partial charge in [0.15, 0.2) is 0 Å². The molecule has 0 radical (unpaired) electrons. The molecule has 2 aromatic rings. The van der Waals surface area contributed by atoms with Crippen LogP contribution in [0.5, 0.6) is 0 Å². The summed E-state index contributed by atoms with van der Waals surface area (Å²) in [6.07, 6.45) is -10.2.